The zero-order valence-electron chi connectivity index (χ0n) is 5.62. The van der Waals surface area contributed by atoms with Gasteiger partial charge in [0, 0.05) is 11.8 Å². The van der Waals surface area contributed by atoms with Crippen LogP contribution in [0.5, 0.6) is 0 Å². The monoisotopic (exact) mass is 162 g/mol. The number of hydrogen-bond donors (Lipinski definition) is 0. The second-order valence-corrected chi connectivity index (χ2v) is 3.91. The molecule has 0 N–H and O–H groups in total. The van der Waals surface area contributed by atoms with E-state index in [1.165, 1.54) is 0 Å². The van der Waals surface area contributed by atoms with Gasteiger partial charge >= 0.3 is 0 Å². The van der Waals surface area contributed by atoms with Crippen LogP contribution in [0.2, 0.25) is 0 Å². The van der Waals surface area contributed by atoms with Crippen molar-refractivity contribution < 1.29 is 13.2 Å². The predicted molar refractivity (Wildman–Crippen MR) is 39.3 cm³/mol. The summed E-state index contributed by atoms with van der Waals surface area (Å²) < 4.78 is 21.3. The van der Waals surface area contributed by atoms with Crippen molar-refractivity contribution in [2.45, 2.75) is 12.8 Å². The lowest BCUT2D eigenvalue weighted by molar-refractivity contribution is -0.107. The van der Waals surface area contributed by atoms with Crippen molar-refractivity contribution in [3.05, 3.63) is 12.0 Å². The number of hydrogen-bond acceptors (Lipinski definition) is 3. The van der Waals surface area contributed by atoms with Crippen LogP contribution in [0, 0.1) is 0 Å². The molecule has 0 radical (unpaired) electrons. The Morgan fingerprint density at radius 3 is 2.40 bits per heavy atom. The first kappa shape index (κ1) is 9.36. The van der Waals surface area contributed by atoms with Gasteiger partial charge in [-0.15, -0.1) is 0 Å². The minimum Gasteiger partial charge on any atom is -0.303 e. The maximum Gasteiger partial charge on any atom is 0.171 e. The molecule has 10 heavy (non-hydrogen) atoms. The van der Waals surface area contributed by atoms with Crippen LogP contribution in [-0.2, 0) is 14.6 Å². The van der Waals surface area contributed by atoms with Crippen LogP contribution in [0.3, 0.4) is 0 Å². The topological polar surface area (TPSA) is 51.2 Å². The maximum atomic E-state index is 10.6. The van der Waals surface area contributed by atoms with Crippen molar-refractivity contribution in [1.82, 2.24) is 0 Å². The Labute approximate surface area is 60.7 Å². The molecule has 4 heteroatoms. The van der Waals surface area contributed by atoms with Gasteiger partial charge in [0.1, 0.15) is 6.29 Å². The summed E-state index contributed by atoms with van der Waals surface area (Å²) in [6, 6.07) is 0. The molecule has 3 nitrogen and oxygen atoms in total. The van der Waals surface area contributed by atoms with Gasteiger partial charge in [0.15, 0.2) is 9.84 Å². The summed E-state index contributed by atoms with van der Waals surface area (Å²) in [4.78, 5) is 9.76. The fourth-order valence-electron chi connectivity index (χ4n) is 0.451. The molecule has 0 aliphatic heterocycles. The van der Waals surface area contributed by atoms with E-state index in [-0.39, 0.29) is 5.75 Å². The van der Waals surface area contributed by atoms with Crippen LogP contribution in [0.1, 0.15) is 12.8 Å². The molecule has 0 heterocycles. The zero-order valence-corrected chi connectivity index (χ0v) is 6.43. The van der Waals surface area contributed by atoms with Gasteiger partial charge in [-0.25, -0.2) is 8.42 Å². The summed E-state index contributed by atoms with van der Waals surface area (Å²) in [6.45, 7) is 3.13. The minimum absolute atomic E-state index is 0.0231. The van der Waals surface area contributed by atoms with E-state index in [1.54, 1.807) is 0 Å². The highest BCUT2D eigenvalue weighted by atomic mass is 32.2. The highest BCUT2D eigenvalue weighted by molar-refractivity contribution is 7.94. The molecule has 0 saturated carbocycles. The van der Waals surface area contributed by atoms with Gasteiger partial charge in [0.05, 0.1) is 5.75 Å². The number of unbranched alkanes of at least 4 members (excludes halogenated alkanes) is 1. The summed E-state index contributed by atoms with van der Waals surface area (Å²) in [6.07, 6.45) is 1.39. The summed E-state index contributed by atoms with van der Waals surface area (Å²) >= 11 is 0. The van der Waals surface area contributed by atoms with Crippen molar-refractivity contribution in [3.8, 4) is 0 Å². The van der Waals surface area contributed by atoms with Gasteiger partial charge in [0.25, 0.3) is 0 Å². The van der Waals surface area contributed by atoms with Crippen LogP contribution in [-0.4, -0.2) is 20.5 Å². The quantitative estimate of drug-likeness (QED) is 0.437. The summed E-state index contributed by atoms with van der Waals surface area (Å²) in [5.74, 6) is 0.0231. The summed E-state index contributed by atoms with van der Waals surface area (Å²) in [5.41, 5.74) is 0. The third kappa shape index (κ3) is 4.26. The van der Waals surface area contributed by atoms with Gasteiger partial charge in [-0.2, -0.15) is 0 Å². The van der Waals surface area contributed by atoms with Crippen molar-refractivity contribution in [2.75, 3.05) is 5.75 Å². The highest BCUT2D eigenvalue weighted by Crippen LogP contribution is 1.95. The van der Waals surface area contributed by atoms with Gasteiger partial charge in [0.2, 0.25) is 0 Å². The molecule has 0 bridgehead atoms. The maximum absolute atomic E-state index is 10.6. The highest BCUT2D eigenvalue weighted by Gasteiger charge is 2.02. The Morgan fingerprint density at radius 2 is 2.00 bits per heavy atom. The Hall–Kier alpha value is -0.640. The molecule has 0 aromatic rings. The molecule has 0 fully saturated rings. The first-order valence-electron chi connectivity index (χ1n) is 2.91. The Kier molecular flexibility index (Phi) is 3.95. The van der Waals surface area contributed by atoms with E-state index in [2.05, 4.69) is 6.58 Å². The van der Waals surface area contributed by atoms with Crippen LogP contribution in [0.25, 0.3) is 0 Å². The first-order valence-corrected chi connectivity index (χ1v) is 4.63. The van der Waals surface area contributed by atoms with Crippen LogP contribution in [0.15, 0.2) is 12.0 Å². The number of rotatable bonds is 5. The lowest BCUT2D eigenvalue weighted by Crippen LogP contribution is -2.01. The van der Waals surface area contributed by atoms with E-state index in [4.69, 9.17) is 0 Å². The van der Waals surface area contributed by atoms with Crippen molar-refractivity contribution in [3.63, 3.8) is 0 Å². The number of carbonyl (C=O) groups excluding carboxylic acids is 1. The Morgan fingerprint density at radius 1 is 1.40 bits per heavy atom. The largest absolute Gasteiger partial charge is 0.303 e. The molecule has 0 rings (SSSR count). The molecule has 0 unspecified atom stereocenters. The molecule has 0 aromatic carbocycles. The smallest absolute Gasteiger partial charge is 0.171 e. The van der Waals surface area contributed by atoms with E-state index >= 15 is 0 Å². The van der Waals surface area contributed by atoms with Crippen LogP contribution >= 0.6 is 0 Å². The predicted octanol–water partition coefficient (Wildman–Crippen LogP) is 0.524. The average molecular weight is 162 g/mol. The van der Waals surface area contributed by atoms with Crippen molar-refractivity contribution in [1.29, 1.82) is 0 Å². The molecule has 0 spiro atoms. The molecule has 0 aliphatic rings. The molecule has 0 aliphatic carbocycles. The molecule has 0 atom stereocenters. The summed E-state index contributed by atoms with van der Waals surface area (Å²) in [5, 5.41) is 0.914. The number of aldehydes is 1. The lowest BCUT2D eigenvalue weighted by atomic mass is 10.4. The molecule has 0 aromatic heterocycles. The third-order valence-corrected chi connectivity index (χ3v) is 2.37. The third-order valence-electron chi connectivity index (χ3n) is 1.00. The Balaban J connectivity index is 3.69. The van der Waals surface area contributed by atoms with Gasteiger partial charge in [-0.1, -0.05) is 6.58 Å². The van der Waals surface area contributed by atoms with E-state index in [9.17, 15) is 13.2 Å². The molecule has 0 amide bonds. The fraction of sp³-hybridized carbons (Fsp3) is 0.500. The second kappa shape index (κ2) is 4.22. The normalized spacial score (nSPS) is 10.8. The zero-order chi connectivity index (χ0) is 8.04. The molecule has 58 valence electrons. The summed E-state index contributed by atoms with van der Waals surface area (Å²) in [7, 11) is -3.09. The van der Waals surface area contributed by atoms with E-state index in [0.717, 1.165) is 5.41 Å². The van der Waals surface area contributed by atoms with Crippen molar-refractivity contribution in [2.24, 2.45) is 0 Å². The van der Waals surface area contributed by atoms with E-state index in [1.807, 2.05) is 0 Å². The van der Waals surface area contributed by atoms with Crippen molar-refractivity contribution >= 4 is 16.1 Å². The number of carbonyl (C=O) groups is 1. The average Bonchev–Trinajstić information content (AvgIpc) is 1.89. The fourth-order valence-corrected chi connectivity index (χ4v) is 1.19. The van der Waals surface area contributed by atoms with Gasteiger partial charge in [-0.3, -0.25) is 0 Å². The number of sulfone groups is 1. The van der Waals surface area contributed by atoms with Gasteiger partial charge < -0.3 is 4.79 Å². The first-order chi connectivity index (χ1) is 4.62. The Bertz CT molecular complexity index is 203. The lowest BCUT2D eigenvalue weighted by Gasteiger charge is -1.92. The van der Waals surface area contributed by atoms with E-state index < -0.39 is 9.84 Å². The second-order valence-electron chi connectivity index (χ2n) is 1.84. The minimum atomic E-state index is -3.09. The van der Waals surface area contributed by atoms with Crippen LogP contribution < -0.4 is 0 Å². The SMILES string of the molecule is C=CS(=O)(=O)CCCC=O. The molecular formula is C6H10O3S. The standard InChI is InChI=1S/C6H10O3S/c1-2-10(8,9)6-4-3-5-7/h2,5H,1,3-4,6H2. The van der Waals surface area contributed by atoms with Gasteiger partial charge in [-0.05, 0) is 6.42 Å². The van der Waals surface area contributed by atoms with Crippen LogP contribution in [0.4, 0.5) is 0 Å². The molecule has 0 saturated heterocycles. The molecular weight excluding hydrogens is 152 g/mol. The van der Waals surface area contributed by atoms with E-state index in [0.29, 0.717) is 19.1 Å².